The zero-order chi connectivity index (χ0) is 27.1. The third-order valence-corrected chi connectivity index (χ3v) is 6.94. The number of fused-ring (bicyclic) bond motifs is 1. The van der Waals surface area contributed by atoms with E-state index in [1.54, 1.807) is 22.9 Å². The summed E-state index contributed by atoms with van der Waals surface area (Å²) in [5.41, 5.74) is 5.42. The molecule has 0 saturated carbocycles. The minimum absolute atomic E-state index is 0.326. The van der Waals surface area contributed by atoms with Gasteiger partial charge in [0.1, 0.15) is 11.9 Å². The van der Waals surface area contributed by atoms with E-state index < -0.39 is 17.9 Å². The molecule has 38 heavy (non-hydrogen) atoms. The van der Waals surface area contributed by atoms with Gasteiger partial charge in [-0.1, -0.05) is 12.1 Å². The Morgan fingerprint density at radius 2 is 2.00 bits per heavy atom. The SMILES string of the molecule is Cc1cc(C)n(-c2cccc(C(=O)NC(CCN(C)CCCCc3ccc4c(n3)NCCC4)C(=O)O)c2)n1. The van der Waals surface area contributed by atoms with E-state index in [4.69, 9.17) is 4.98 Å². The molecule has 202 valence electrons. The van der Waals surface area contributed by atoms with Crippen LogP contribution in [0.25, 0.3) is 5.69 Å². The molecular formula is C29H38N6O3. The van der Waals surface area contributed by atoms with Gasteiger partial charge in [-0.25, -0.2) is 14.5 Å². The van der Waals surface area contributed by atoms with Gasteiger partial charge in [0.25, 0.3) is 5.91 Å². The Bertz CT molecular complexity index is 1270. The zero-order valence-corrected chi connectivity index (χ0v) is 22.5. The number of hydrogen-bond acceptors (Lipinski definition) is 6. The van der Waals surface area contributed by atoms with Crippen LogP contribution in [0.1, 0.15) is 58.7 Å². The van der Waals surface area contributed by atoms with Crippen molar-refractivity contribution in [2.75, 3.05) is 32.0 Å². The summed E-state index contributed by atoms with van der Waals surface area (Å²) in [4.78, 5) is 31.6. The smallest absolute Gasteiger partial charge is 0.326 e. The molecule has 1 aliphatic heterocycles. The van der Waals surface area contributed by atoms with E-state index in [1.807, 2.05) is 33.0 Å². The van der Waals surface area contributed by atoms with Crippen LogP contribution in [0, 0.1) is 13.8 Å². The minimum Gasteiger partial charge on any atom is -0.480 e. The van der Waals surface area contributed by atoms with Crippen molar-refractivity contribution in [3.63, 3.8) is 0 Å². The first-order valence-electron chi connectivity index (χ1n) is 13.4. The molecule has 3 N–H and O–H groups in total. The van der Waals surface area contributed by atoms with Gasteiger partial charge in [0.2, 0.25) is 0 Å². The van der Waals surface area contributed by atoms with Crippen molar-refractivity contribution in [2.24, 2.45) is 0 Å². The highest BCUT2D eigenvalue weighted by atomic mass is 16.4. The second kappa shape index (κ2) is 12.7. The van der Waals surface area contributed by atoms with E-state index in [0.29, 0.717) is 18.5 Å². The van der Waals surface area contributed by atoms with Crippen LogP contribution in [0.2, 0.25) is 0 Å². The Kier molecular flexibility index (Phi) is 9.12. The van der Waals surface area contributed by atoms with Crippen molar-refractivity contribution in [1.82, 2.24) is 25.0 Å². The van der Waals surface area contributed by atoms with Gasteiger partial charge in [0, 0.05) is 30.0 Å². The number of amides is 1. The topological polar surface area (TPSA) is 112 Å². The summed E-state index contributed by atoms with van der Waals surface area (Å²) < 4.78 is 1.77. The number of benzene rings is 1. The number of unbranched alkanes of at least 4 members (excludes halogenated alkanes) is 1. The van der Waals surface area contributed by atoms with Crippen molar-refractivity contribution in [3.05, 3.63) is 70.7 Å². The van der Waals surface area contributed by atoms with Crippen LogP contribution in [-0.2, 0) is 17.6 Å². The van der Waals surface area contributed by atoms with Crippen LogP contribution in [-0.4, -0.2) is 69.4 Å². The predicted octanol–water partition coefficient (Wildman–Crippen LogP) is 3.77. The fraction of sp³-hybridized carbons (Fsp3) is 0.448. The quantitative estimate of drug-likeness (QED) is 0.313. The molecule has 0 spiro atoms. The Labute approximate surface area is 224 Å². The van der Waals surface area contributed by atoms with E-state index in [1.165, 1.54) is 5.56 Å². The molecule has 0 saturated heterocycles. The highest BCUT2D eigenvalue weighted by Gasteiger charge is 2.21. The number of carbonyl (C=O) groups excluding carboxylic acids is 1. The molecule has 4 rings (SSSR count). The van der Waals surface area contributed by atoms with Gasteiger partial charge in [-0.3, -0.25) is 4.79 Å². The Balaban J connectivity index is 1.23. The molecule has 9 heteroatoms. The molecule has 0 aliphatic carbocycles. The van der Waals surface area contributed by atoms with Gasteiger partial charge in [-0.05, 0) is 102 Å². The number of aliphatic carboxylic acids is 1. The molecule has 1 aromatic carbocycles. The number of pyridine rings is 1. The average molecular weight is 519 g/mol. The molecule has 1 amide bonds. The first-order valence-corrected chi connectivity index (χ1v) is 13.4. The maximum Gasteiger partial charge on any atom is 0.326 e. The largest absolute Gasteiger partial charge is 0.480 e. The molecular weight excluding hydrogens is 480 g/mol. The molecule has 0 radical (unpaired) electrons. The number of aryl methyl sites for hydroxylation is 4. The fourth-order valence-corrected chi connectivity index (χ4v) is 4.83. The van der Waals surface area contributed by atoms with Crippen LogP contribution in [0.4, 0.5) is 5.82 Å². The number of nitrogens with one attached hydrogen (secondary N) is 2. The fourth-order valence-electron chi connectivity index (χ4n) is 4.83. The Morgan fingerprint density at radius 3 is 2.76 bits per heavy atom. The van der Waals surface area contributed by atoms with Gasteiger partial charge >= 0.3 is 5.97 Å². The van der Waals surface area contributed by atoms with Crippen molar-refractivity contribution in [3.8, 4) is 5.69 Å². The number of anilines is 1. The van der Waals surface area contributed by atoms with Gasteiger partial charge in [0.15, 0.2) is 0 Å². The second-order valence-electron chi connectivity index (χ2n) is 10.1. The van der Waals surface area contributed by atoms with Gasteiger partial charge in [-0.15, -0.1) is 0 Å². The third kappa shape index (κ3) is 7.19. The van der Waals surface area contributed by atoms with Crippen molar-refractivity contribution in [2.45, 2.75) is 58.4 Å². The van der Waals surface area contributed by atoms with E-state index in [-0.39, 0.29) is 0 Å². The highest BCUT2D eigenvalue weighted by molar-refractivity contribution is 5.97. The molecule has 9 nitrogen and oxygen atoms in total. The van der Waals surface area contributed by atoms with Crippen LogP contribution in [0.15, 0.2) is 42.5 Å². The highest BCUT2D eigenvalue weighted by Crippen LogP contribution is 2.20. The van der Waals surface area contributed by atoms with Gasteiger partial charge in [-0.2, -0.15) is 5.10 Å². The van der Waals surface area contributed by atoms with Crippen LogP contribution < -0.4 is 10.6 Å². The van der Waals surface area contributed by atoms with Crippen molar-refractivity contribution in [1.29, 1.82) is 0 Å². The summed E-state index contributed by atoms with van der Waals surface area (Å²) in [5.74, 6) is -0.407. The van der Waals surface area contributed by atoms with Gasteiger partial charge in [0.05, 0.1) is 11.4 Å². The molecule has 3 heterocycles. The summed E-state index contributed by atoms with van der Waals surface area (Å²) in [6.45, 7) is 6.28. The minimum atomic E-state index is -1.03. The number of carboxylic acids is 1. The van der Waals surface area contributed by atoms with Crippen LogP contribution in [0.5, 0.6) is 0 Å². The monoisotopic (exact) mass is 518 g/mol. The lowest BCUT2D eigenvalue weighted by Gasteiger charge is -2.20. The summed E-state index contributed by atoms with van der Waals surface area (Å²) in [5, 5.41) is 20.3. The number of nitrogens with zero attached hydrogens (tertiary/aromatic N) is 4. The number of carboxylic acid groups (broad SMARTS) is 1. The molecule has 0 bridgehead atoms. The first-order chi connectivity index (χ1) is 18.3. The maximum absolute atomic E-state index is 12.9. The van der Waals surface area contributed by atoms with Crippen molar-refractivity contribution < 1.29 is 14.7 Å². The molecule has 1 aliphatic rings. The van der Waals surface area contributed by atoms with Crippen LogP contribution in [0.3, 0.4) is 0 Å². The zero-order valence-electron chi connectivity index (χ0n) is 22.5. The summed E-state index contributed by atoms with van der Waals surface area (Å²) in [6, 6.07) is 12.4. The normalized spacial score (nSPS) is 13.6. The lowest BCUT2D eigenvalue weighted by Crippen LogP contribution is -2.42. The van der Waals surface area contributed by atoms with Crippen LogP contribution >= 0.6 is 0 Å². The molecule has 0 fully saturated rings. The number of rotatable bonds is 12. The average Bonchev–Trinajstić information content (AvgIpc) is 3.26. The summed E-state index contributed by atoms with van der Waals surface area (Å²) >= 11 is 0. The Morgan fingerprint density at radius 1 is 1.16 bits per heavy atom. The van der Waals surface area contributed by atoms with E-state index in [0.717, 1.165) is 73.8 Å². The molecule has 3 aromatic rings. The van der Waals surface area contributed by atoms with E-state index in [2.05, 4.69) is 32.8 Å². The third-order valence-electron chi connectivity index (χ3n) is 6.94. The lowest BCUT2D eigenvalue weighted by atomic mass is 10.1. The number of carbonyl (C=O) groups is 2. The van der Waals surface area contributed by atoms with Gasteiger partial charge < -0.3 is 20.6 Å². The Hall–Kier alpha value is -3.72. The maximum atomic E-state index is 12.9. The van der Waals surface area contributed by atoms with E-state index >= 15 is 0 Å². The predicted molar refractivity (Wildman–Crippen MR) is 148 cm³/mol. The summed E-state index contributed by atoms with van der Waals surface area (Å²) in [7, 11) is 1.99. The first kappa shape index (κ1) is 27.3. The number of hydrogen-bond donors (Lipinski definition) is 3. The van der Waals surface area contributed by atoms with Crippen molar-refractivity contribution >= 4 is 17.7 Å². The molecule has 1 unspecified atom stereocenters. The standard InChI is InChI=1S/C29H38N6O3/c1-20-18-21(2)35(33-20)25-11-6-8-23(19-25)28(36)32-26(29(37)38)14-17-34(3)16-5-4-10-24-13-12-22-9-7-15-30-27(22)31-24/h6,8,11-13,18-19,26H,4-5,7,9-10,14-17H2,1-3H3,(H,30,31)(H,32,36)(H,37,38). The number of aromatic nitrogens is 3. The lowest BCUT2D eigenvalue weighted by molar-refractivity contribution is -0.139. The summed E-state index contributed by atoms with van der Waals surface area (Å²) in [6.07, 6.45) is 5.51. The molecule has 1 atom stereocenters. The second-order valence-corrected chi connectivity index (χ2v) is 10.1. The van der Waals surface area contributed by atoms with E-state index in [9.17, 15) is 14.7 Å². The molecule has 2 aromatic heterocycles.